The number of nitrogens with zero attached hydrogens (tertiary/aromatic N) is 2. The summed E-state index contributed by atoms with van der Waals surface area (Å²) in [6, 6.07) is 5.67. The molecule has 1 amide bonds. The summed E-state index contributed by atoms with van der Waals surface area (Å²) in [6.07, 6.45) is 4.06. The van der Waals surface area contributed by atoms with E-state index in [9.17, 15) is 18.4 Å². The fraction of sp³-hybridized carbons (Fsp3) is 0.409. The normalized spacial score (nSPS) is 13.3. The molecule has 0 bridgehead atoms. The molecule has 11 heteroatoms. The summed E-state index contributed by atoms with van der Waals surface area (Å²) in [4.78, 5) is 32.5. The second kappa shape index (κ2) is 10.6. The number of nitrogens with one attached hydrogen (secondary N) is 1. The van der Waals surface area contributed by atoms with Crippen molar-refractivity contribution in [2.45, 2.75) is 44.0 Å². The van der Waals surface area contributed by atoms with Crippen LogP contribution >= 0.6 is 23.1 Å². The van der Waals surface area contributed by atoms with Gasteiger partial charge in [-0.3, -0.25) is 14.2 Å². The Balaban J connectivity index is 1.51. The smallest absolute Gasteiger partial charge is 0.387 e. The number of rotatable bonds is 9. The molecule has 2 heterocycles. The number of fused-ring (bicyclic) bond motifs is 3. The van der Waals surface area contributed by atoms with Crippen LogP contribution in [0.3, 0.4) is 0 Å². The van der Waals surface area contributed by atoms with Crippen LogP contribution in [0.25, 0.3) is 10.2 Å². The summed E-state index contributed by atoms with van der Waals surface area (Å²) >= 11 is 2.75. The van der Waals surface area contributed by atoms with Crippen molar-refractivity contribution in [1.29, 1.82) is 0 Å². The summed E-state index contributed by atoms with van der Waals surface area (Å²) in [5.41, 5.74) is 1.49. The zero-order chi connectivity index (χ0) is 23.4. The van der Waals surface area contributed by atoms with Gasteiger partial charge >= 0.3 is 6.61 Å². The molecule has 2 aromatic heterocycles. The molecule has 0 saturated carbocycles. The molecular formula is C22H23F2N3O4S2. The molecule has 0 saturated heterocycles. The molecule has 0 unspecified atom stereocenters. The number of halogens is 2. The quantitative estimate of drug-likeness (QED) is 0.352. The van der Waals surface area contributed by atoms with Gasteiger partial charge in [0.1, 0.15) is 10.6 Å². The van der Waals surface area contributed by atoms with Crippen LogP contribution in [0.1, 0.15) is 23.3 Å². The van der Waals surface area contributed by atoms with Crippen molar-refractivity contribution >= 4 is 44.9 Å². The van der Waals surface area contributed by atoms with E-state index in [-0.39, 0.29) is 23.0 Å². The van der Waals surface area contributed by atoms with Crippen LogP contribution < -0.4 is 15.6 Å². The first-order valence-electron chi connectivity index (χ1n) is 10.5. The van der Waals surface area contributed by atoms with Gasteiger partial charge in [0.05, 0.1) is 24.3 Å². The van der Waals surface area contributed by atoms with Crippen LogP contribution in [0.15, 0.2) is 34.2 Å². The maximum absolute atomic E-state index is 13.3. The number of methoxy groups -OCH3 is 1. The number of aryl methyl sites for hydroxylation is 2. The van der Waals surface area contributed by atoms with Gasteiger partial charge in [-0.15, -0.1) is 11.3 Å². The Hall–Kier alpha value is -2.50. The van der Waals surface area contributed by atoms with Crippen LogP contribution in [0.4, 0.5) is 14.5 Å². The number of aromatic nitrogens is 2. The predicted molar refractivity (Wildman–Crippen MR) is 125 cm³/mol. The van der Waals surface area contributed by atoms with Crippen molar-refractivity contribution in [2.75, 3.05) is 24.8 Å². The first kappa shape index (κ1) is 23.7. The Morgan fingerprint density at radius 1 is 1.27 bits per heavy atom. The van der Waals surface area contributed by atoms with Crippen LogP contribution in [0, 0.1) is 0 Å². The zero-order valence-corrected chi connectivity index (χ0v) is 19.6. The lowest BCUT2D eigenvalue weighted by Gasteiger charge is -2.13. The monoisotopic (exact) mass is 495 g/mol. The number of alkyl halides is 2. The lowest BCUT2D eigenvalue weighted by atomic mass is 9.97. The van der Waals surface area contributed by atoms with E-state index < -0.39 is 6.61 Å². The third kappa shape index (κ3) is 5.53. The van der Waals surface area contributed by atoms with Crippen molar-refractivity contribution in [3.05, 3.63) is 45.1 Å². The highest BCUT2D eigenvalue weighted by Crippen LogP contribution is 2.34. The number of anilines is 1. The van der Waals surface area contributed by atoms with E-state index in [0.717, 1.165) is 36.1 Å². The van der Waals surface area contributed by atoms with Crippen molar-refractivity contribution in [1.82, 2.24) is 9.55 Å². The van der Waals surface area contributed by atoms with E-state index in [1.165, 1.54) is 40.9 Å². The fourth-order valence-corrected chi connectivity index (χ4v) is 5.88. The third-order valence-corrected chi connectivity index (χ3v) is 7.42. The van der Waals surface area contributed by atoms with Gasteiger partial charge in [0.15, 0.2) is 5.16 Å². The molecule has 0 spiro atoms. The number of hydrogen-bond acceptors (Lipinski definition) is 7. The van der Waals surface area contributed by atoms with E-state index in [4.69, 9.17) is 9.72 Å². The molecule has 0 radical (unpaired) electrons. The molecule has 3 aromatic rings. The molecule has 0 aliphatic heterocycles. The summed E-state index contributed by atoms with van der Waals surface area (Å²) in [6.45, 7) is -2.21. The number of thiophene rings is 1. The number of carbonyl (C=O) groups is 1. The highest BCUT2D eigenvalue weighted by molar-refractivity contribution is 7.99. The molecule has 176 valence electrons. The van der Waals surface area contributed by atoms with E-state index >= 15 is 0 Å². The van der Waals surface area contributed by atoms with Crippen molar-refractivity contribution in [3.63, 3.8) is 0 Å². The summed E-state index contributed by atoms with van der Waals surface area (Å²) in [5, 5.41) is 3.88. The molecule has 1 aliphatic rings. The number of ether oxygens (including phenoxy) is 2. The Kier molecular flexibility index (Phi) is 7.61. The third-order valence-electron chi connectivity index (χ3n) is 5.25. The van der Waals surface area contributed by atoms with Gasteiger partial charge in [-0.25, -0.2) is 4.98 Å². The van der Waals surface area contributed by atoms with Crippen LogP contribution in [-0.2, 0) is 28.9 Å². The maximum atomic E-state index is 13.3. The first-order valence-corrected chi connectivity index (χ1v) is 12.3. The van der Waals surface area contributed by atoms with Crippen molar-refractivity contribution in [3.8, 4) is 5.75 Å². The molecule has 7 nitrogen and oxygen atoms in total. The van der Waals surface area contributed by atoms with E-state index in [1.54, 1.807) is 23.0 Å². The summed E-state index contributed by atoms with van der Waals surface area (Å²) in [7, 11) is 1.57. The van der Waals surface area contributed by atoms with E-state index in [1.807, 2.05) is 0 Å². The number of benzene rings is 1. The second-order valence-electron chi connectivity index (χ2n) is 7.47. The average molecular weight is 496 g/mol. The lowest BCUT2D eigenvalue weighted by molar-refractivity contribution is -0.113. The minimum absolute atomic E-state index is 0.00989. The molecule has 0 atom stereocenters. The molecule has 0 fully saturated rings. The maximum Gasteiger partial charge on any atom is 0.387 e. The molecule has 33 heavy (non-hydrogen) atoms. The summed E-state index contributed by atoms with van der Waals surface area (Å²) < 4.78 is 35.6. The number of thioether (sulfide) groups is 1. The molecule has 4 rings (SSSR count). The zero-order valence-electron chi connectivity index (χ0n) is 17.9. The van der Waals surface area contributed by atoms with Gasteiger partial charge in [0, 0.05) is 17.7 Å². The van der Waals surface area contributed by atoms with Crippen LogP contribution in [-0.4, -0.2) is 41.5 Å². The van der Waals surface area contributed by atoms with E-state index in [0.29, 0.717) is 29.4 Å². The lowest BCUT2D eigenvalue weighted by Crippen LogP contribution is -2.26. The number of carbonyl (C=O) groups excluding carboxylic acids is 1. The fourth-order valence-electron chi connectivity index (χ4n) is 3.76. The minimum atomic E-state index is -2.91. The van der Waals surface area contributed by atoms with E-state index in [2.05, 4.69) is 10.1 Å². The number of hydrogen-bond donors (Lipinski definition) is 1. The second-order valence-corrected chi connectivity index (χ2v) is 9.50. The minimum Gasteiger partial charge on any atom is -0.435 e. The highest BCUT2D eigenvalue weighted by atomic mass is 32.2. The van der Waals surface area contributed by atoms with Crippen molar-refractivity contribution < 1.29 is 23.0 Å². The van der Waals surface area contributed by atoms with Gasteiger partial charge < -0.3 is 14.8 Å². The largest absolute Gasteiger partial charge is 0.435 e. The molecular weight excluding hydrogens is 472 g/mol. The predicted octanol–water partition coefficient (Wildman–Crippen LogP) is 4.32. The number of amides is 1. The van der Waals surface area contributed by atoms with Crippen LogP contribution in [0.5, 0.6) is 5.75 Å². The topological polar surface area (TPSA) is 82.4 Å². The van der Waals surface area contributed by atoms with Gasteiger partial charge in [-0.05, 0) is 55.5 Å². The molecule has 1 aliphatic carbocycles. The summed E-state index contributed by atoms with van der Waals surface area (Å²) in [5.74, 6) is -0.262. The van der Waals surface area contributed by atoms with Crippen molar-refractivity contribution in [2.24, 2.45) is 0 Å². The van der Waals surface area contributed by atoms with Gasteiger partial charge in [0.25, 0.3) is 5.56 Å². The Morgan fingerprint density at radius 2 is 2.03 bits per heavy atom. The molecule has 1 aromatic carbocycles. The van der Waals surface area contributed by atoms with Gasteiger partial charge in [-0.1, -0.05) is 11.8 Å². The Bertz CT molecular complexity index is 1200. The SMILES string of the molecule is COCCn1c(SCC(=O)Nc2ccc(OC(F)F)cc2)nc2sc3c(c2c1=O)CCCC3. The molecule has 1 N–H and O–H groups in total. The van der Waals surface area contributed by atoms with Gasteiger partial charge in [0.2, 0.25) is 5.91 Å². The Morgan fingerprint density at radius 3 is 2.76 bits per heavy atom. The Labute approximate surface area is 197 Å². The average Bonchev–Trinajstić information content (AvgIpc) is 3.17. The standard InChI is InChI=1S/C22H23F2N3O4S2/c1-30-11-10-27-20(29)18-15-4-2-3-5-16(15)33-19(18)26-22(27)32-12-17(28)25-13-6-8-14(9-7-13)31-21(23)24/h6-9,21H,2-5,10-12H2,1H3,(H,25,28). The highest BCUT2D eigenvalue weighted by Gasteiger charge is 2.22. The van der Waals surface area contributed by atoms with Crippen LogP contribution in [0.2, 0.25) is 0 Å². The first-order chi connectivity index (χ1) is 16.0. The van der Waals surface area contributed by atoms with Gasteiger partial charge in [-0.2, -0.15) is 8.78 Å².